The second-order valence-electron chi connectivity index (χ2n) is 4.65. The topological polar surface area (TPSA) is 32.7 Å². The predicted octanol–water partition coefficient (Wildman–Crippen LogP) is 2.58. The lowest BCUT2D eigenvalue weighted by molar-refractivity contribution is -0.0972. The van der Waals surface area contributed by atoms with Gasteiger partial charge in [0.05, 0.1) is 18.8 Å². The molecule has 1 aliphatic rings. The standard InChI is InChI=1S/C13H17Cl2NO2/c1-9-5-16(6-10(8-17)18-9)7-11-12(14)3-2-4-13(11)15/h2-4,9-10,17H,5-8H2,1H3. The summed E-state index contributed by atoms with van der Waals surface area (Å²) < 4.78 is 5.61. The van der Waals surface area contributed by atoms with Gasteiger partial charge in [-0.15, -0.1) is 0 Å². The molecule has 1 aromatic rings. The van der Waals surface area contributed by atoms with Crippen molar-refractivity contribution in [2.45, 2.75) is 25.7 Å². The minimum atomic E-state index is -0.130. The van der Waals surface area contributed by atoms with Crippen LogP contribution in [0.4, 0.5) is 0 Å². The maximum absolute atomic E-state index is 9.20. The molecule has 3 nitrogen and oxygen atoms in total. The van der Waals surface area contributed by atoms with E-state index in [9.17, 15) is 5.11 Å². The minimum absolute atomic E-state index is 0.0388. The van der Waals surface area contributed by atoms with Gasteiger partial charge in [-0.2, -0.15) is 0 Å². The molecule has 5 heteroatoms. The highest BCUT2D eigenvalue weighted by atomic mass is 35.5. The maximum Gasteiger partial charge on any atom is 0.0936 e. The molecular formula is C13H17Cl2NO2. The van der Waals surface area contributed by atoms with Crippen LogP contribution in [0.1, 0.15) is 12.5 Å². The first-order valence-corrected chi connectivity index (χ1v) is 6.77. The summed E-state index contributed by atoms with van der Waals surface area (Å²) in [5.74, 6) is 0. The Bertz CT molecular complexity index is 394. The smallest absolute Gasteiger partial charge is 0.0936 e. The van der Waals surface area contributed by atoms with Gasteiger partial charge >= 0.3 is 0 Å². The number of hydrogen-bond donors (Lipinski definition) is 1. The summed E-state index contributed by atoms with van der Waals surface area (Å²) in [6.07, 6.45) is -0.0211. The van der Waals surface area contributed by atoms with Gasteiger partial charge < -0.3 is 9.84 Å². The van der Waals surface area contributed by atoms with E-state index in [2.05, 4.69) is 4.90 Å². The zero-order chi connectivity index (χ0) is 13.1. The Hall–Kier alpha value is -0.320. The van der Waals surface area contributed by atoms with Crippen molar-refractivity contribution >= 4 is 23.2 Å². The van der Waals surface area contributed by atoms with E-state index in [1.807, 2.05) is 25.1 Å². The van der Waals surface area contributed by atoms with Crippen molar-refractivity contribution in [3.8, 4) is 0 Å². The van der Waals surface area contributed by atoms with E-state index in [1.165, 1.54) is 0 Å². The Morgan fingerprint density at radius 3 is 2.61 bits per heavy atom. The van der Waals surface area contributed by atoms with Crippen molar-refractivity contribution in [2.75, 3.05) is 19.7 Å². The monoisotopic (exact) mass is 289 g/mol. The summed E-state index contributed by atoms with van der Waals surface area (Å²) in [7, 11) is 0. The van der Waals surface area contributed by atoms with Gasteiger partial charge in [-0.05, 0) is 19.1 Å². The molecule has 1 N–H and O–H groups in total. The number of halogens is 2. The number of aliphatic hydroxyl groups is 1. The van der Waals surface area contributed by atoms with Crippen LogP contribution >= 0.6 is 23.2 Å². The van der Waals surface area contributed by atoms with Crippen LogP contribution in [-0.4, -0.2) is 41.9 Å². The molecule has 1 saturated heterocycles. The average Bonchev–Trinajstić information content (AvgIpc) is 2.33. The highest BCUT2D eigenvalue weighted by Gasteiger charge is 2.25. The molecule has 100 valence electrons. The Kier molecular flexibility index (Phi) is 4.87. The lowest BCUT2D eigenvalue weighted by atomic mass is 10.1. The molecular weight excluding hydrogens is 273 g/mol. The summed E-state index contributed by atoms with van der Waals surface area (Å²) >= 11 is 12.3. The number of ether oxygens (including phenoxy) is 1. The van der Waals surface area contributed by atoms with Crippen LogP contribution < -0.4 is 0 Å². The SMILES string of the molecule is CC1CN(Cc2c(Cl)cccc2Cl)CC(CO)O1. The molecule has 18 heavy (non-hydrogen) atoms. The molecule has 0 aromatic heterocycles. The van der Waals surface area contributed by atoms with Crippen LogP contribution in [0.5, 0.6) is 0 Å². The molecule has 0 amide bonds. The van der Waals surface area contributed by atoms with E-state index in [0.29, 0.717) is 23.1 Å². The van der Waals surface area contributed by atoms with Crippen molar-refractivity contribution in [1.82, 2.24) is 4.90 Å². The molecule has 0 bridgehead atoms. The summed E-state index contributed by atoms with van der Waals surface area (Å²) in [4.78, 5) is 2.21. The van der Waals surface area contributed by atoms with Crippen molar-refractivity contribution in [2.24, 2.45) is 0 Å². The fourth-order valence-corrected chi connectivity index (χ4v) is 2.79. The third kappa shape index (κ3) is 3.37. The molecule has 0 saturated carbocycles. The molecule has 2 unspecified atom stereocenters. The number of morpholine rings is 1. The summed E-state index contributed by atoms with van der Waals surface area (Å²) in [6.45, 7) is 4.24. The van der Waals surface area contributed by atoms with Crippen molar-refractivity contribution in [3.63, 3.8) is 0 Å². The van der Waals surface area contributed by atoms with Crippen LogP contribution in [0.2, 0.25) is 10.0 Å². The van der Waals surface area contributed by atoms with Crippen molar-refractivity contribution in [3.05, 3.63) is 33.8 Å². The van der Waals surface area contributed by atoms with E-state index in [0.717, 1.165) is 12.1 Å². The predicted molar refractivity (Wildman–Crippen MR) is 73.2 cm³/mol. The van der Waals surface area contributed by atoms with Crippen LogP contribution in [0.25, 0.3) is 0 Å². The Labute approximate surface area is 117 Å². The minimum Gasteiger partial charge on any atom is -0.394 e. The van der Waals surface area contributed by atoms with E-state index in [4.69, 9.17) is 27.9 Å². The largest absolute Gasteiger partial charge is 0.394 e. The van der Waals surface area contributed by atoms with Crippen LogP contribution in [-0.2, 0) is 11.3 Å². The normalized spacial score (nSPS) is 25.3. The summed E-state index contributed by atoms with van der Waals surface area (Å²) in [6, 6.07) is 5.53. The first-order chi connectivity index (χ1) is 8.60. The molecule has 1 aromatic carbocycles. The maximum atomic E-state index is 9.20. The second kappa shape index (κ2) is 6.22. The lowest BCUT2D eigenvalue weighted by Crippen LogP contribution is -2.47. The third-order valence-electron chi connectivity index (χ3n) is 3.05. The quantitative estimate of drug-likeness (QED) is 0.928. The second-order valence-corrected chi connectivity index (χ2v) is 5.46. The van der Waals surface area contributed by atoms with Gasteiger partial charge in [0, 0.05) is 35.2 Å². The van der Waals surface area contributed by atoms with Crippen LogP contribution in [0, 0.1) is 0 Å². The molecule has 0 aliphatic carbocycles. The van der Waals surface area contributed by atoms with E-state index < -0.39 is 0 Å². The van der Waals surface area contributed by atoms with Gasteiger partial charge in [-0.3, -0.25) is 4.90 Å². The number of benzene rings is 1. The molecule has 2 atom stereocenters. The molecule has 0 spiro atoms. The van der Waals surface area contributed by atoms with Gasteiger partial charge in [-0.1, -0.05) is 29.3 Å². The first-order valence-electron chi connectivity index (χ1n) is 6.01. The third-order valence-corrected chi connectivity index (χ3v) is 3.76. The van der Waals surface area contributed by atoms with E-state index in [-0.39, 0.29) is 18.8 Å². The van der Waals surface area contributed by atoms with Crippen molar-refractivity contribution in [1.29, 1.82) is 0 Å². The van der Waals surface area contributed by atoms with Gasteiger partial charge in [0.25, 0.3) is 0 Å². The average molecular weight is 290 g/mol. The van der Waals surface area contributed by atoms with Gasteiger partial charge in [0.1, 0.15) is 0 Å². The first kappa shape index (κ1) is 14.1. The number of aliphatic hydroxyl groups excluding tert-OH is 1. The zero-order valence-electron chi connectivity index (χ0n) is 10.3. The summed E-state index contributed by atoms with van der Waals surface area (Å²) in [5, 5.41) is 10.6. The highest BCUT2D eigenvalue weighted by molar-refractivity contribution is 6.35. The number of rotatable bonds is 3. The van der Waals surface area contributed by atoms with Gasteiger partial charge in [-0.25, -0.2) is 0 Å². The molecule has 0 radical (unpaired) electrons. The molecule has 1 aliphatic heterocycles. The van der Waals surface area contributed by atoms with Gasteiger partial charge in [0.2, 0.25) is 0 Å². The Balaban J connectivity index is 2.08. The fraction of sp³-hybridized carbons (Fsp3) is 0.538. The zero-order valence-corrected chi connectivity index (χ0v) is 11.8. The van der Waals surface area contributed by atoms with Crippen LogP contribution in [0.15, 0.2) is 18.2 Å². The summed E-state index contributed by atoms with van der Waals surface area (Å²) in [5.41, 5.74) is 0.937. The fourth-order valence-electron chi connectivity index (χ4n) is 2.28. The van der Waals surface area contributed by atoms with E-state index >= 15 is 0 Å². The number of hydrogen-bond acceptors (Lipinski definition) is 3. The highest BCUT2D eigenvalue weighted by Crippen LogP contribution is 2.26. The van der Waals surface area contributed by atoms with Crippen LogP contribution in [0.3, 0.4) is 0 Å². The van der Waals surface area contributed by atoms with E-state index in [1.54, 1.807) is 0 Å². The Morgan fingerprint density at radius 2 is 2.00 bits per heavy atom. The van der Waals surface area contributed by atoms with Gasteiger partial charge in [0.15, 0.2) is 0 Å². The Morgan fingerprint density at radius 1 is 1.33 bits per heavy atom. The lowest BCUT2D eigenvalue weighted by Gasteiger charge is -2.36. The molecule has 2 rings (SSSR count). The van der Waals surface area contributed by atoms with Crippen molar-refractivity contribution < 1.29 is 9.84 Å². The molecule has 1 heterocycles. The molecule has 1 fully saturated rings. The number of nitrogens with zero attached hydrogens (tertiary/aromatic N) is 1.